The highest BCUT2D eigenvalue weighted by Crippen LogP contribution is 2.51. The standard InChI is InChI=1S/C19H16N2O3.H2/c22-18(21-14-2-3-15-12(9-14)5-8-20-15)19(6-7-19)13-1-4-16-17(10-13)24-11-23-16;/h1-5,8-10,20H,6-7,11H2,(H,21,22);1H. The first-order chi connectivity index (χ1) is 11.7. The van der Waals surface area contributed by atoms with E-state index in [1.54, 1.807) is 0 Å². The quantitative estimate of drug-likeness (QED) is 0.770. The number of hydrogen-bond acceptors (Lipinski definition) is 3. The van der Waals surface area contributed by atoms with Crippen molar-refractivity contribution in [2.45, 2.75) is 18.3 Å². The summed E-state index contributed by atoms with van der Waals surface area (Å²) in [5.74, 6) is 1.50. The molecule has 1 fully saturated rings. The van der Waals surface area contributed by atoms with Crippen LogP contribution in [0.5, 0.6) is 11.5 Å². The smallest absolute Gasteiger partial charge is 0.235 e. The van der Waals surface area contributed by atoms with Crippen molar-refractivity contribution < 1.29 is 15.7 Å². The largest absolute Gasteiger partial charge is 0.454 e. The normalized spacial score (nSPS) is 17.0. The highest BCUT2D eigenvalue weighted by Gasteiger charge is 2.51. The zero-order valence-electron chi connectivity index (χ0n) is 13.0. The van der Waals surface area contributed by atoms with Gasteiger partial charge >= 0.3 is 0 Å². The third kappa shape index (κ3) is 1.98. The predicted octanol–water partition coefficient (Wildman–Crippen LogP) is 3.81. The van der Waals surface area contributed by atoms with Crippen LogP contribution in [0.25, 0.3) is 10.9 Å². The van der Waals surface area contributed by atoms with E-state index in [0.29, 0.717) is 0 Å². The Labute approximate surface area is 140 Å². The van der Waals surface area contributed by atoms with E-state index < -0.39 is 5.41 Å². The van der Waals surface area contributed by atoms with Crippen LogP contribution in [0.2, 0.25) is 0 Å². The number of aromatic nitrogens is 1. The van der Waals surface area contributed by atoms with Crippen molar-refractivity contribution in [3.05, 3.63) is 54.2 Å². The van der Waals surface area contributed by atoms with E-state index in [1.165, 1.54) is 0 Å². The molecule has 24 heavy (non-hydrogen) atoms. The maximum atomic E-state index is 12.9. The summed E-state index contributed by atoms with van der Waals surface area (Å²) in [5, 5.41) is 4.15. The third-order valence-electron chi connectivity index (χ3n) is 4.92. The van der Waals surface area contributed by atoms with E-state index in [1.807, 2.05) is 48.7 Å². The Hall–Kier alpha value is -2.95. The fourth-order valence-electron chi connectivity index (χ4n) is 3.35. The monoisotopic (exact) mass is 322 g/mol. The molecular formula is C19H18N2O3. The Morgan fingerprint density at radius 2 is 1.96 bits per heavy atom. The molecule has 3 aromatic rings. The van der Waals surface area contributed by atoms with Gasteiger partial charge in [0.25, 0.3) is 0 Å². The third-order valence-corrected chi connectivity index (χ3v) is 4.92. The van der Waals surface area contributed by atoms with E-state index in [9.17, 15) is 4.79 Å². The zero-order chi connectivity index (χ0) is 16.1. The van der Waals surface area contributed by atoms with Crippen molar-refractivity contribution in [3.8, 4) is 11.5 Å². The van der Waals surface area contributed by atoms with E-state index in [0.717, 1.165) is 46.5 Å². The Balaban J connectivity index is 0.00000157. The maximum Gasteiger partial charge on any atom is 0.235 e. The number of carbonyl (C=O) groups is 1. The average Bonchev–Trinajstić information content (AvgIpc) is 3.05. The number of anilines is 1. The Bertz CT molecular complexity index is 962. The predicted molar refractivity (Wildman–Crippen MR) is 92.5 cm³/mol. The minimum atomic E-state index is -0.450. The highest BCUT2D eigenvalue weighted by atomic mass is 16.7. The molecule has 1 saturated carbocycles. The van der Waals surface area contributed by atoms with Gasteiger partial charge in [-0.15, -0.1) is 0 Å². The minimum absolute atomic E-state index is 0. The van der Waals surface area contributed by atoms with E-state index in [2.05, 4.69) is 10.3 Å². The highest BCUT2D eigenvalue weighted by molar-refractivity contribution is 6.02. The van der Waals surface area contributed by atoms with Gasteiger partial charge in [-0.2, -0.15) is 0 Å². The lowest BCUT2D eigenvalue weighted by Crippen LogP contribution is -2.27. The van der Waals surface area contributed by atoms with Crippen LogP contribution < -0.4 is 14.8 Å². The molecule has 5 heteroatoms. The van der Waals surface area contributed by atoms with Gasteiger partial charge in [0.2, 0.25) is 12.7 Å². The average molecular weight is 322 g/mol. The van der Waals surface area contributed by atoms with Crippen LogP contribution >= 0.6 is 0 Å². The van der Waals surface area contributed by atoms with Crippen molar-refractivity contribution in [2.75, 3.05) is 12.1 Å². The molecule has 0 unspecified atom stereocenters. The van der Waals surface area contributed by atoms with Gasteiger partial charge in [-0.3, -0.25) is 4.79 Å². The molecule has 0 atom stereocenters. The Morgan fingerprint density at radius 3 is 2.83 bits per heavy atom. The van der Waals surface area contributed by atoms with Crippen LogP contribution in [0.1, 0.15) is 19.8 Å². The first-order valence-electron chi connectivity index (χ1n) is 8.03. The molecule has 1 aromatic heterocycles. The second-order valence-electron chi connectivity index (χ2n) is 6.38. The molecule has 5 rings (SSSR count). The fraction of sp³-hybridized carbons (Fsp3) is 0.211. The second-order valence-corrected chi connectivity index (χ2v) is 6.38. The summed E-state index contributed by atoms with van der Waals surface area (Å²) >= 11 is 0. The van der Waals surface area contributed by atoms with Crippen molar-refractivity contribution in [3.63, 3.8) is 0 Å². The topological polar surface area (TPSA) is 63.4 Å². The molecular weight excluding hydrogens is 304 g/mol. The summed E-state index contributed by atoms with van der Waals surface area (Å²) in [4.78, 5) is 16.0. The van der Waals surface area contributed by atoms with Crippen LogP contribution in [0, 0.1) is 0 Å². The van der Waals surface area contributed by atoms with Crippen molar-refractivity contribution in [1.29, 1.82) is 0 Å². The summed E-state index contributed by atoms with van der Waals surface area (Å²) in [6, 6.07) is 13.7. The lowest BCUT2D eigenvalue weighted by atomic mass is 9.94. The first kappa shape index (κ1) is 13.5. The van der Waals surface area contributed by atoms with Gasteiger partial charge in [0.15, 0.2) is 11.5 Å². The number of nitrogens with one attached hydrogen (secondary N) is 2. The molecule has 1 aliphatic heterocycles. The summed E-state index contributed by atoms with van der Waals surface area (Å²) in [6.07, 6.45) is 3.60. The van der Waals surface area contributed by atoms with Gasteiger partial charge in [0, 0.05) is 24.2 Å². The molecule has 5 nitrogen and oxygen atoms in total. The van der Waals surface area contributed by atoms with Crippen molar-refractivity contribution >= 4 is 22.5 Å². The summed E-state index contributed by atoms with van der Waals surface area (Å²) in [5.41, 5.74) is 2.42. The second kappa shape index (κ2) is 4.77. The number of ether oxygens (including phenoxy) is 2. The molecule has 1 aliphatic carbocycles. The molecule has 122 valence electrons. The molecule has 1 amide bonds. The number of carbonyl (C=O) groups excluding carboxylic acids is 1. The SMILES string of the molecule is O=C(Nc1ccc2[nH]ccc2c1)C1(c2ccc3c(c2)OCO3)CC1.[HH]. The molecule has 2 aromatic carbocycles. The molecule has 2 N–H and O–H groups in total. The van der Waals surface area contributed by atoms with Gasteiger partial charge in [-0.1, -0.05) is 6.07 Å². The van der Waals surface area contributed by atoms with E-state index in [4.69, 9.17) is 9.47 Å². The number of H-pyrrole nitrogens is 1. The minimum Gasteiger partial charge on any atom is -0.454 e. The van der Waals surface area contributed by atoms with Crippen molar-refractivity contribution in [1.82, 2.24) is 4.98 Å². The Morgan fingerprint density at radius 1 is 1.08 bits per heavy atom. The molecule has 2 heterocycles. The number of fused-ring (bicyclic) bond motifs is 2. The molecule has 0 bridgehead atoms. The van der Waals surface area contributed by atoms with Crippen LogP contribution in [0.15, 0.2) is 48.7 Å². The first-order valence-corrected chi connectivity index (χ1v) is 8.03. The zero-order valence-corrected chi connectivity index (χ0v) is 13.0. The van der Waals surface area contributed by atoms with Gasteiger partial charge in [-0.25, -0.2) is 0 Å². The Kier molecular flexibility index (Phi) is 2.68. The van der Waals surface area contributed by atoms with Gasteiger partial charge in [-0.05, 0) is 54.8 Å². The number of hydrogen-bond donors (Lipinski definition) is 2. The van der Waals surface area contributed by atoms with Crippen LogP contribution in [0.4, 0.5) is 5.69 Å². The molecule has 0 radical (unpaired) electrons. The van der Waals surface area contributed by atoms with Crippen LogP contribution in [-0.4, -0.2) is 17.7 Å². The van der Waals surface area contributed by atoms with Crippen molar-refractivity contribution in [2.24, 2.45) is 0 Å². The summed E-state index contributed by atoms with van der Waals surface area (Å²) < 4.78 is 10.8. The van der Waals surface area contributed by atoms with Crippen LogP contribution in [0.3, 0.4) is 0 Å². The number of rotatable bonds is 3. The summed E-state index contributed by atoms with van der Waals surface area (Å²) in [6.45, 7) is 0.245. The number of aromatic amines is 1. The fourth-order valence-corrected chi connectivity index (χ4v) is 3.35. The van der Waals surface area contributed by atoms with Crippen LogP contribution in [-0.2, 0) is 10.2 Å². The lowest BCUT2D eigenvalue weighted by Gasteiger charge is -2.16. The van der Waals surface area contributed by atoms with E-state index >= 15 is 0 Å². The molecule has 0 saturated heterocycles. The maximum absolute atomic E-state index is 12.9. The molecule has 2 aliphatic rings. The lowest BCUT2D eigenvalue weighted by molar-refractivity contribution is -0.118. The van der Waals surface area contributed by atoms with Gasteiger partial charge < -0.3 is 19.8 Å². The number of benzene rings is 2. The summed E-state index contributed by atoms with van der Waals surface area (Å²) in [7, 11) is 0. The molecule has 0 spiro atoms. The van der Waals surface area contributed by atoms with Gasteiger partial charge in [0.1, 0.15) is 0 Å². The number of amides is 1. The van der Waals surface area contributed by atoms with Gasteiger partial charge in [0.05, 0.1) is 5.41 Å². The van der Waals surface area contributed by atoms with E-state index in [-0.39, 0.29) is 14.1 Å².